The fourth-order valence-electron chi connectivity index (χ4n) is 2.53. The van der Waals surface area contributed by atoms with E-state index in [0.29, 0.717) is 6.04 Å². The molecule has 0 aromatic carbocycles. The molecule has 1 aromatic heterocycles. The Kier molecular flexibility index (Phi) is 1.27. The maximum absolute atomic E-state index is 4.18. The molecule has 1 fully saturated rings. The molecule has 0 bridgehead atoms. The van der Waals surface area contributed by atoms with Gasteiger partial charge in [-0.25, -0.2) is 0 Å². The Labute approximate surface area is 72.0 Å². The summed E-state index contributed by atoms with van der Waals surface area (Å²) >= 11 is 0. The van der Waals surface area contributed by atoms with Crippen LogP contribution in [0.2, 0.25) is 0 Å². The second kappa shape index (κ2) is 2.30. The molecule has 62 valence electrons. The quantitative estimate of drug-likeness (QED) is 0.618. The van der Waals surface area contributed by atoms with Crippen LogP contribution in [-0.4, -0.2) is 11.5 Å². The van der Waals surface area contributed by atoms with Gasteiger partial charge in [0.1, 0.15) is 0 Å². The molecule has 2 heterocycles. The van der Waals surface area contributed by atoms with Crippen molar-refractivity contribution in [2.45, 2.75) is 18.9 Å². The van der Waals surface area contributed by atoms with E-state index in [4.69, 9.17) is 0 Å². The van der Waals surface area contributed by atoms with Crippen molar-refractivity contribution < 1.29 is 0 Å². The van der Waals surface area contributed by atoms with Crippen LogP contribution in [0.15, 0.2) is 18.5 Å². The standard InChI is InChI=1S/C10H12N2/c1-3-11-6-9-7(1)5-8-2-4-12-10(8)9/h1,3,6,8,10,12H,2,4-5H2/t8-,10-/m0/s1. The topological polar surface area (TPSA) is 24.9 Å². The van der Waals surface area contributed by atoms with Crippen molar-refractivity contribution in [3.63, 3.8) is 0 Å². The highest BCUT2D eigenvalue weighted by atomic mass is 15.0. The molecule has 2 heteroatoms. The van der Waals surface area contributed by atoms with Crippen LogP contribution in [0.25, 0.3) is 0 Å². The molecule has 12 heavy (non-hydrogen) atoms. The zero-order valence-corrected chi connectivity index (χ0v) is 6.96. The molecule has 1 saturated heterocycles. The van der Waals surface area contributed by atoms with E-state index in [1.165, 1.54) is 30.5 Å². The maximum atomic E-state index is 4.18. The van der Waals surface area contributed by atoms with Crippen molar-refractivity contribution in [2.24, 2.45) is 5.92 Å². The molecule has 0 radical (unpaired) electrons. The Morgan fingerprint density at radius 3 is 3.50 bits per heavy atom. The normalized spacial score (nSPS) is 31.7. The number of nitrogens with zero attached hydrogens (tertiary/aromatic N) is 1. The predicted molar refractivity (Wildman–Crippen MR) is 46.8 cm³/mol. The summed E-state index contributed by atoms with van der Waals surface area (Å²) in [4.78, 5) is 4.18. The summed E-state index contributed by atoms with van der Waals surface area (Å²) in [6, 6.07) is 2.78. The number of pyridine rings is 1. The van der Waals surface area contributed by atoms with Crippen molar-refractivity contribution in [3.8, 4) is 0 Å². The molecule has 1 aromatic rings. The van der Waals surface area contributed by atoms with Crippen molar-refractivity contribution in [2.75, 3.05) is 6.54 Å². The third-order valence-corrected chi connectivity index (χ3v) is 3.11. The van der Waals surface area contributed by atoms with E-state index < -0.39 is 0 Å². The molecule has 0 amide bonds. The first-order valence-electron chi connectivity index (χ1n) is 4.61. The lowest BCUT2D eigenvalue weighted by Gasteiger charge is -2.08. The van der Waals surface area contributed by atoms with Crippen molar-refractivity contribution in [1.82, 2.24) is 10.3 Å². The number of nitrogens with one attached hydrogen (secondary N) is 1. The second-order valence-corrected chi connectivity index (χ2v) is 3.76. The highest BCUT2D eigenvalue weighted by molar-refractivity contribution is 5.34. The third kappa shape index (κ3) is 0.758. The van der Waals surface area contributed by atoms with Gasteiger partial charge in [-0.1, -0.05) is 0 Å². The van der Waals surface area contributed by atoms with Gasteiger partial charge in [0.2, 0.25) is 0 Å². The Hall–Kier alpha value is -0.890. The summed E-state index contributed by atoms with van der Waals surface area (Å²) in [5.74, 6) is 0.851. The number of hydrogen-bond donors (Lipinski definition) is 1. The zero-order chi connectivity index (χ0) is 7.97. The Morgan fingerprint density at radius 1 is 1.50 bits per heavy atom. The van der Waals surface area contributed by atoms with Gasteiger partial charge in [0.25, 0.3) is 0 Å². The molecule has 0 spiro atoms. The zero-order valence-electron chi connectivity index (χ0n) is 6.96. The van der Waals surface area contributed by atoms with Crippen molar-refractivity contribution in [1.29, 1.82) is 0 Å². The summed E-state index contributed by atoms with van der Waals surface area (Å²) < 4.78 is 0. The highest BCUT2D eigenvalue weighted by Gasteiger charge is 2.35. The smallest absolute Gasteiger partial charge is 0.0370 e. The van der Waals surface area contributed by atoms with Gasteiger partial charge in [0, 0.05) is 18.4 Å². The van der Waals surface area contributed by atoms with Crippen molar-refractivity contribution in [3.05, 3.63) is 29.6 Å². The average Bonchev–Trinajstić information content (AvgIpc) is 2.62. The number of hydrogen-bond acceptors (Lipinski definition) is 2. The fraction of sp³-hybridized carbons (Fsp3) is 0.500. The van der Waals surface area contributed by atoms with Crippen LogP contribution in [0.4, 0.5) is 0 Å². The molecule has 0 saturated carbocycles. The van der Waals surface area contributed by atoms with Gasteiger partial charge in [-0.3, -0.25) is 4.98 Å². The SMILES string of the molecule is c1cc2c(cn1)[C@H]1NCC[C@H]1C2. The lowest BCUT2D eigenvalue weighted by atomic mass is 10.0. The van der Waals surface area contributed by atoms with E-state index in [-0.39, 0.29) is 0 Å². The third-order valence-electron chi connectivity index (χ3n) is 3.11. The largest absolute Gasteiger partial charge is 0.310 e. The Balaban J connectivity index is 2.09. The summed E-state index contributed by atoms with van der Waals surface area (Å²) in [6.45, 7) is 1.18. The van der Waals surface area contributed by atoms with E-state index >= 15 is 0 Å². The fourth-order valence-corrected chi connectivity index (χ4v) is 2.53. The molecule has 0 unspecified atom stereocenters. The van der Waals surface area contributed by atoms with Gasteiger partial charge in [-0.2, -0.15) is 0 Å². The summed E-state index contributed by atoms with van der Waals surface area (Å²) in [7, 11) is 0. The van der Waals surface area contributed by atoms with Crippen LogP contribution in [-0.2, 0) is 6.42 Å². The van der Waals surface area contributed by atoms with E-state index in [1.54, 1.807) is 0 Å². The molecule has 1 aliphatic heterocycles. The van der Waals surface area contributed by atoms with Crippen LogP contribution in [0.5, 0.6) is 0 Å². The van der Waals surface area contributed by atoms with Crippen LogP contribution in [0, 0.1) is 5.92 Å². The first kappa shape index (κ1) is 6.61. The van der Waals surface area contributed by atoms with E-state index in [2.05, 4.69) is 16.4 Å². The van der Waals surface area contributed by atoms with Crippen molar-refractivity contribution >= 4 is 0 Å². The summed E-state index contributed by atoms with van der Waals surface area (Å²) in [6.07, 6.45) is 6.52. The minimum atomic E-state index is 0.619. The van der Waals surface area contributed by atoms with E-state index in [1.807, 2.05) is 12.4 Å². The van der Waals surface area contributed by atoms with Crippen LogP contribution >= 0.6 is 0 Å². The highest BCUT2D eigenvalue weighted by Crippen LogP contribution is 2.40. The van der Waals surface area contributed by atoms with Gasteiger partial charge in [-0.15, -0.1) is 0 Å². The lowest BCUT2D eigenvalue weighted by Crippen LogP contribution is -2.13. The Bertz CT molecular complexity index is 308. The summed E-state index contributed by atoms with van der Waals surface area (Å²) in [5.41, 5.74) is 2.95. The minimum Gasteiger partial charge on any atom is -0.310 e. The lowest BCUT2D eigenvalue weighted by molar-refractivity contribution is 0.504. The van der Waals surface area contributed by atoms with Gasteiger partial charge in [-0.05, 0) is 42.5 Å². The molecular formula is C10H12N2. The van der Waals surface area contributed by atoms with Gasteiger partial charge < -0.3 is 5.32 Å². The number of aromatic nitrogens is 1. The van der Waals surface area contributed by atoms with E-state index in [9.17, 15) is 0 Å². The first-order chi connectivity index (χ1) is 5.95. The summed E-state index contributed by atoms with van der Waals surface area (Å²) in [5, 5.41) is 3.53. The van der Waals surface area contributed by atoms with Gasteiger partial charge in [0.05, 0.1) is 0 Å². The van der Waals surface area contributed by atoms with E-state index in [0.717, 1.165) is 5.92 Å². The maximum Gasteiger partial charge on any atom is 0.0370 e. The molecule has 1 N–H and O–H groups in total. The predicted octanol–water partition coefficient (Wildman–Crippen LogP) is 1.29. The van der Waals surface area contributed by atoms with Gasteiger partial charge in [0.15, 0.2) is 0 Å². The molecule has 2 aliphatic rings. The monoisotopic (exact) mass is 160 g/mol. The molecule has 3 rings (SSSR count). The minimum absolute atomic E-state index is 0.619. The molecule has 2 nitrogen and oxygen atoms in total. The van der Waals surface area contributed by atoms with Crippen LogP contribution in [0.3, 0.4) is 0 Å². The Morgan fingerprint density at radius 2 is 2.50 bits per heavy atom. The molecule has 2 atom stereocenters. The molecular weight excluding hydrogens is 148 g/mol. The second-order valence-electron chi connectivity index (χ2n) is 3.76. The number of fused-ring (bicyclic) bond motifs is 3. The average molecular weight is 160 g/mol. The molecule has 1 aliphatic carbocycles. The van der Waals surface area contributed by atoms with Crippen LogP contribution < -0.4 is 5.32 Å². The van der Waals surface area contributed by atoms with Gasteiger partial charge >= 0.3 is 0 Å². The number of rotatable bonds is 0. The van der Waals surface area contributed by atoms with Crippen LogP contribution in [0.1, 0.15) is 23.6 Å². The first-order valence-corrected chi connectivity index (χ1v) is 4.61.